The van der Waals surface area contributed by atoms with Crippen molar-refractivity contribution in [3.63, 3.8) is 0 Å². The number of hydrogen-bond acceptors (Lipinski definition) is 5. The minimum Gasteiger partial charge on any atom is -0.454 e. The smallest absolute Gasteiger partial charge is 0.227 e. The van der Waals surface area contributed by atoms with Crippen molar-refractivity contribution >= 4 is 17.3 Å². The van der Waals surface area contributed by atoms with E-state index in [1.807, 2.05) is 74.4 Å². The van der Waals surface area contributed by atoms with Crippen LogP contribution in [0.5, 0.6) is 11.5 Å². The first-order valence-electron chi connectivity index (χ1n) is 7.71. The van der Waals surface area contributed by atoms with E-state index in [-0.39, 0.29) is 0 Å². The molecular weight excluding hydrogens is 300 g/mol. The van der Waals surface area contributed by atoms with E-state index in [1.54, 1.807) is 12.4 Å². The maximum Gasteiger partial charge on any atom is 0.227 e. The van der Waals surface area contributed by atoms with E-state index < -0.39 is 0 Å². The summed E-state index contributed by atoms with van der Waals surface area (Å²) in [6.07, 6.45) is 3.32. The van der Waals surface area contributed by atoms with Crippen LogP contribution in [0.1, 0.15) is 5.56 Å². The van der Waals surface area contributed by atoms with Gasteiger partial charge in [-0.3, -0.25) is 0 Å². The van der Waals surface area contributed by atoms with Crippen molar-refractivity contribution in [2.75, 3.05) is 24.3 Å². The summed E-state index contributed by atoms with van der Waals surface area (Å²) in [7, 11) is 3.99. The molecule has 0 saturated heterocycles. The Bertz CT molecular complexity index is 816. The van der Waals surface area contributed by atoms with Gasteiger partial charge in [-0.25, -0.2) is 9.97 Å². The number of rotatable bonds is 5. The molecule has 0 unspecified atom stereocenters. The van der Waals surface area contributed by atoms with Gasteiger partial charge in [0.15, 0.2) is 5.75 Å². The molecule has 0 spiro atoms. The van der Waals surface area contributed by atoms with Crippen molar-refractivity contribution < 1.29 is 4.74 Å². The highest BCUT2D eigenvalue weighted by Gasteiger charge is 2.03. The van der Waals surface area contributed by atoms with Gasteiger partial charge in [0.1, 0.15) is 5.75 Å². The molecular formula is C19H20N4O. The lowest BCUT2D eigenvalue weighted by Crippen LogP contribution is -2.08. The molecule has 0 radical (unpaired) electrons. The molecule has 1 N–H and O–H groups in total. The minimum absolute atomic E-state index is 0.537. The van der Waals surface area contributed by atoms with Gasteiger partial charge in [0.2, 0.25) is 5.95 Å². The van der Waals surface area contributed by atoms with Crippen LogP contribution in [0, 0.1) is 6.92 Å². The zero-order chi connectivity index (χ0) is 16.9. The summed E-state index contributed by atoms with van der Waals surface area (Å²) in [5.74, 6) is 1.89. The van der Waals surface area contributed by atoms with Gasteiger partial charge in [-0.15, -0.1) is 0 Å². The van der Waals surface area contributed by atoms with Gasteiger partial charge in [0.25, 0.3) is 0 Å². The number of anilines is 3. The second-order valence-corrected chi connectivity index (χ2v) is 5.73. The van der Waals surface area contributed by atoms with Gasteiger partial charge in [-0.1, -0.05) is 18.2 Å². The fourth-order valence-corrected chi connectivity index (χ4v) is 2.25. The number of nitrogens with one attached hydrogen (secondary N) is 1. The third kappa shape index (κ3) is 4.01. The summed E-state index contributed by atoms with van der Waals surface area (Å²) in [6, 6.07) is 15.9. The lowest BCUT2D eigenvalue weighted by Gasteiger charge is -2.13. The van der Waals surface area contributed by atoms with Crippen LogP contribution in [0.4, 0.5) is 17.3 Å². The van der Waals surface area contributed by atoms with Crippen molar-refractivity contribution in [1.29, 1.82) is 0 Å². The maximum absolute atomic E-state index is 5.81. The first kappa shape index (κ1) is 15.8. The predicted octanol–water partition coefficient (Wildman–Crippen LogP) is 4.39. The van der Waals surface area contributed by atoms with E-state index in [4.69, 9.17) is 4.74 Å². The van der Waals surface area contributed by atoms with Crippen molar-refractivity contribution in [3.05, 3.63) is 66.5 Å². The highest BCUT2D eigenvalue weighted by atomic mass is 16.5. The van der Waals surface area contributed by atoms with E-state index in [1.165, 1.54) is 5.56 Å². The van der Waals surface area contributed by atoms with Crippen LogP contribution in [0.15, 0.2) is 60.9 Å². The molecule has 0 saturated carbocycles. The fourth-order valence-electron chi connectivity index (χ4n) is 2.25. The van der Waals surface area contributed by atoms with Crippen LogP contribution < -0.4 is 15.0 Å². The Balaban J connectivity index is 1.69. The SMILES string of the molecule is Cc1cccc(Nc2ncc(Oc3cccc(N(C)C)c3)cn2)c1. The second-order valence-electron chi connectivity index (χ2n) is 5.73. The van der Waals surface area contributed by atoms with Crippen molar-refractivity contribution in [2.24, 2.45) is 0 Å². The highest BCUT2D eigenvalue weighted by molar-refractivity contribution is 5.54. The van der Waals surface area contributed by atoms with E-state index >= 15 is 0 Å². The molecule has 3 aromatic rings. The zero-order valence-electron chi connectivity index (χ0n) is 14.0. The number of ether oxygens (including phenoxy) is 1. The molecule has 0 bridgehead atoms. The summed E-state index contributed by atoms with van der Waals surface area (Å²) >= 11 is 0. The molecule has 5 nitrogen and oxygen atoms in total. The van der Waals surface area contributed by atoms with Crippen LogP contribution in [0.3, 0.4) is 0 Å². The summed E-state index contributed by atoms with van der Waals surface area (Å²) < 4.78 is 5.81. The van der Waals surface area contributed by atoms with Crippen LogP contribution in [0.25, 0.3) is 0 Å². The molecule has 0 fully saturated rings. The van der Waals surface area contributed by atoms with Gasteiger partial charge in [0.05, 0.1) is 12.4 Å². The number of aromatic nitrogens is 2. The van der Waals surface area contributed by atoms with Crippen molar-refractivity contribution in [2.45, 2.75) is 6.92 Å². The summed E-state index contributed by atoms with van der Waals surface area (Å²) in [5.41, 5.74) is 3.22. The maximum atomic E-state index is 5.81. The molecule has 0 atom stereocenters. The van der Waals surface area contributed by atoms with Gasteiger partial charge < -0.3 is 15.0 Å². The number of nitrogens with zero attached hydrogens (tertiary/aromatic N) is 3. The molecule has 122 valence electrons. The Morgan fingerprint density at radius 3 is 2.38 bits per heavy atom. The Hall–Kier alpha value is -3.08. The van der Waals surface area contributed by atoms with Crippen LogP contribution in [-0.4, -0.2) is 24.1 Å². The minimum atomic E-state index is 0.537. The largest absolute Gasteiger partial charge is 0.454 e. The Morgan fingerprint density at radius 1 is 0.917 bits per heavy atom. The van der Waals surface area contributed by atoms with Gasteiger partial charge in [-0.05, 0) is 36.8 Å². The van der Waals surface area contributed by atoms with E-state index in [9.17, 15) is 0 Å². The summed E-state index contributed by atoms with van der Waals surface area (Å²) in [6.45, 7) is 2.05. The summed E-state index contributed by atoms with van der Waals surface area (Å²) in [4.78, 5) is 10.6. The molecule has 0 amide bonds. The fraction of sp³-hybridized carbons (Fsp3) is 0.158. The summed E-state index contributed by atoms with van der Waals surface area (Å²) in [5, 5.41) is 3.18. The van der Waals surface area contributed by atoms with Crippen LogP contribution >= 0.6 is 0 Å². The number of benzene rings is 2. The van der Waals surface area contributed by atoms with Gasteiger partial charge in [-0.2, -0.15) is 0 Å². The third-order valence-electron chi connectivity index (χ3n) is 3.47. The molecule has 5 heteroatoms. The second kappa shape index (κ2) is 7.00. The van der Waals surface area contributed by atoms with Crippen molar-refractivity contribution in [3.8, 4) is 11.5 Å². The predicted molar refractivity (Wildman–Crippen MR) is 97.3 cm³/mol. The molecule has 1 heterocycles. The lowest BCUT2D eigenvalue weighted by atomic mass is 10.2. The molecule has 2 aromatic carbocycles. The quantitative estimate of drug-likeness (QED) is 0.755. The van der Waals surface area contributed by atoms with E-state index in [0.29, 0.717) is 11.7 Å². The molecule has 24 heavy (non-hydrogen) atoms. The van der Waals surface area contributed by atoms with Crippen LogP contribution in [0.2, 0.25) is 0 Å². The first-order valence-corrected chi connectivity index (χ1v) is 7.71. The lowest BCUT2D eigenvalue weighted by molar-refractivity contribution is 0.478. The average molecular weight is 320 g/mol. The molecule has 0 aliphatic heterocycles. The molecule has 1 aromatic heterocycles. The van der Waals surface area contributed by atoms with E-state index in [2.05, 4.69) is 15.3 Å². The van der Waals surface area contributed by atoms with Gasteiger partial charge in [0, 0.05) is 31.5 Å². The Morgan fingerprint density at radius 2 is 1.67 bits per heavy atom. The normalized spacial score (nSPS) is 10.3. The van der Waals surface area contributed by atoms with Gasteiger partial charge >= 0.3 is 0 Å². The first-order chi connectivity index (χ1) is 11.6. The standard InChI is InChI=1S/C19H20N4O/c1-14-6-4-7-15(10-14)22-19-20-12-18(13-21-19)24-17-9-5-8-16(11-17)23(2)3/h4-13H,1-3H3,(H,20,21,22). The monoisotopic (exact) mass is 320 g/mol. The van der Waals surface area contributed by atoms with Crippen LogP contribution in [-0.2, 0) is 0 Å². The third-order valence-corrected chi connectivity index (χ3v) is 3.47. The number of aryl methyl sites for hydroxylation is 1. The Labute approximate surface area is 142 Å². The van der Waals surface area contributed by atoms with E-state index in [0.717, 1.165) is 17.1 Å². The number of hydrogen-bond donors (Lipinski definition) is 1. The zero-order valence-corrected chi connectivity index (χ0v) is 14.0. The van der Waals surface area contributed by atoms with Crippen molar-refractivity contribution in [1.82, 2.24) is 9.97 Å². The molecule has 3 rings (SSSR count). The average Bonchev–Trinajstić information content (AvgIpc) is 2.57. The highest BCUT2D eigenvalue weighted by Crippen LogP contribution is 2.25. The molecule has 0 aliphatic rings. The molecule has 0 aliphatic carbocycles. The Kier molecular flexibility index (Phi) is 4.61. The topological polar surface area (TPSA) is 50.3 Å².